The maximum atomic E-state index is 12.5. The third-order valence-corrected chi connectivity index (χ3v) is 17.0. The van der Waals surface area contributed by atoms with Crippen molar-refractivity contribution in [1.29, 1.82) is 0 Å². The van der Waals surface area contributed by atoms with E-state index in [1.165, 1.54) is 347 Å². The summed E-state index contributed by atoms with van der Waals surface area (Å²) >= 11 is 0. The number of aliphatic hydroxyl groups excluding tert-OH is 2. The Morgan fingerprint density at radius 1 is 0.304 bits per heavy atom. The lowest BCUT2D eigenvalue weighted by atomic mass is 10.0. The Morgan fingerprint density at radius 2 is 0.532 bits per heavy atom. The molecule has 4 heteroatoms. The minimum atomic E-state index is -0.863. The van der Waals surface area contributed by atoms with E-state index in [9.17, 15) is 15.0 Å². The Morgan fingerprint density at radius 3 is 0.810 bits per heavy atom. The topological polar surface area (TPSA) is 69.6 Å². The Labute approximate surface area is 496 Å². The van der Waals surface area contributed by atoms with Gasteiger partial charge in [-0.1, -0.05) is 383 Å². The Bertz CT molecular complexity index is 1250. The molecule has 0 rings (SSSR count). The zero-order valence-corrected chi connectivity index (χ0v) is 53.9. The lowest BCUT2D eigenvalue weighted by Gasteiger charge is -2.19. The summed E-state index contributed by atoms with van der Waals surface area (Å²) in [6.45, 7) is 4.33. The summed E-state index contributed by atoms with van der Waals surface area (Å²) < 4.78 is 0. The van der Waals surface area contributed by atoms with Gasteiger partial charge in [-0.15, -0.1) is 0 Å². The van der Waals surface area contributed by atoms with E-state index in [2.05, 4.69) is 55.6 Å². The summed E-state index contributed by atoms with van der Waals surface area (Å²) in [7, 11) is 0. The maximum absolute atomic E-state index is 12.5. The molecule has 0 fully saturated rings. The number of allylic oxidation sites excluding steroid dienone is 7. The molecule has 0 heterocycles. The number of hydrogen-bond donors (Lipinski definition) is 3. The standard InChI is InChI=1S/C75H143NO3/c1-3-5-7-9-11-13-15-17-19-21-23-25-27-29-31-33-34-35-36-37-38-39-40-41-42-43-45-47-49-51-53-55-57-59-61-63-65-67-69-71-75(79)76-73(72-77)74(78)70-68-66-64-62-60-58-56-54-52-50-48-46-44-32-30-28-26-24-22-20-18-16-14-12-10-8-6-4-2/h15,17,21,23,60,62,68,70,73-74,77-78H,3-14,16,18-20,22,24-59,61,63-67,69,71-72H2,1-2H3,(H,76,79)/b17-15-,23-21-,62-60+,70-68+. The van der Waals surface area contributed by atoms with Crippen molar-refractivity contribution in [2.45, 2.75) is 418 Å². The third-order valence-electron chi connectivity index (χ3n) is 17.0. The van der Waals surface area contributed by atoms with Gasteiger partial charge in [-0.25, -0.2) is 0 Å². The molecular weight excluding hydrogens is 963 g/mol. The average molecular weight is 1110 g/mol. The van der Waals surface area contributed by atoms with E-state index in [1.54, 1.807) is 6.08 Å². The van der Waals surface area contributed by atoms with Crippen LogP contribution in [0, 0.1) is 0 Å². The van der Waals surface area contributed by atoms with Crippen LogP contribution in [0.2, 0.25) is 0 Å². The summed E-state index contributed by atoms with van der Waals surface area (Å²) in [5, 5.41) is 23.3. The van der Waals surface area contributed by atoms with Gasteiger partial charge in [0.2, 0.25) is 5.91 Å². The Balaban J connectivity index is 3.42. The lowest BCUT2D eigenvalue weighted by molar-refractivity contribution is -0.123. The van der Waals surface area contributed by atoms with Crippen LogP contribution in [0.4, 0.5) is 0 Å². The predicted molar refractivity (Wildman–Crippen MR) is 355 cm³/mol. The number of nitrogens with one attached hydrogen (secondary N) is 1. The second-order valence-corrected chi connectivity index (χ2v) is 25.0. The van der Waals surface area contributed by atoms with Gasteiger partial charge in [0, 0.05) is 6.42 Å². The Kier molecular flexibility index (Phi) is 69.1. The molecule has 79 heavy (non-hydrogen) atoms. The van der Waals surface area contributed by atoms with E-state index in [0.29, 0.717) is 6.42 Å². The number of carbonyl (C=O) groups is 1. The molecule has 1 amide bonds. The van der Waals surface area contributed by atoms with Gasteiger partial charge < -0.3 is 15.5 Å². The van der Waals surface area contributed by atoms with Crippen LogP contribution in [0.1, 0.15) is 406 Å². The molecule has 0 saturated heterocycles. The van der Waals surface area contributed by atoms with E-state index >= 15 is 0 Å². The first-order valence-electron chi connectivity index (χ1n) is 36.4. The lowest BCUT2D eigenvalue weighted by Crippen LogP contribution is -2.45. The van der Waals surface area contributed by atoms with Crippen molar-refractivity contribution in [2.24, 2.45) is 0 Å². The molecule has 0 aliphatic rings. The van der Waals surface area contributed by atoms with Crippen molar-refractivity contribution in [3.8, 4) is 0 Å². The van der Waals surface area contributed by atoms with Crippen molar-refractivity contribution in [3.05, 3.63) is 48.6 Å². The molecule has 0 aliphatic carbocycles. The van der Waals surface area contributed by atoms with E-state index < -0.39 is 12.1 Å². The van der Waals surface area contributed by atoms with Crippen LogP contribution in [-0.2, 0) is 4.79 Å². The fourth-order valence-corrected chi connectivity index (χ4v) is 11.5. The third kappa shape index (κ3) is 67.0. The summed E-state index contributed by atoms with van der Waals surface area (Å²) in [6, 6.07) is -0.640. The normalized spacial score (nSPS) is 12.9. The molecule has 0 bridgehead atoms. The minimum Gasteiger partial charge on any atom is -0.394 e. The molecule has 2 unspecified atom stereocenters. The number of aliphatic hydroxyl groups is 2. The summed E-state index contributed by atoms with van der Waals surface area (Å²) in [4.78, 5) is 12.5. The number of unbranched alkanes of at least 4 members (excludes halogenated alkanes) is 55. The van der Waals surface area contributed by atoms with Crippen molar-refractivity contribution in [2.75, 3.05) is 6.61 Å². The highest BCUT2D eigenvalue weighted by molar-refractivity contribution is 5.76. The van der Waals surface area contributed by atoms with Gasteiger partial charge in [0.05, 0.1) is 18.8 Å². The van der Waals surface area contributed by atoms with Gasteiger partial charge in [-0.05, 0) is 64.2 Å². The number of hydrogen-bond acceptors (Lipinski definition) is 3. The predicted octanol–water partition coefficient (Wildman–Crippen LogP) is 24.9. The molecule has 0 saturated carbocycles. The number of amides is 1. The van der Waals surface area contributed by atoms with Gasteiger partial charge in [0.25, 0.3) is 0 Å². The van der Waals surface area contributed by atoms with Gasteiger partial charge in [0.1, 0.15) is 0 Å². The van der Waals surface area contributed by atoms with Crippen LogP contribution in [0.3, 0.4) is 0 Å². The molecule has 0 radical (unpaired) electrons. The molecule has 2 atom stereocenters. The van der Waals surface area contributed by atoms with Crippen LogP contribution in [0.5, 0.6) is 0 Å². The first-order valence-corrected chi connectivity index (χ1v) is 36.4. The average Bonchev–Trinajstić information content (AvgIpc) is 3.45. The van der Waals surface area contributed by atoms with Gasteiger partial charge >= 0.3 is 0 Å². The van der Waals surface area contributed by atoms with Crippen LogP contribution >= 0.6 is 0 Å². The first-order chi connectivity index (χ1) is 39.2. The SMILES string of the molecule is CCCCCCC/C=C\C/C=C\CCCCCCCCCCCCCCCCCCCCCCCCCCCCCC(=O)NC(CO)C(O)/C=C/CC/C=C/CCCCCCCCCCCCCCCCCCCCCCCC. The molecule has 4 nitrogen and oxygen atoms in total. The highest BCUT2D eigenvalue weighted by atomic mass is 16.3. The Hall–Kier alpha value is -1.65. The molecule has 466 valence electrons. The smallest absolute Gasteiger partial charge is 0.220 e. The van der Waals surface area contributed by atoms with E-state index in [1.807, 2.05) is 6.08 Å². The molecule has 0 aliphatic heterocycles. The van der Waals surface area contributed by atoms with E-state index in [0.717, 1.165) is 38.5 Å². The molecule has 0 spiro atoms. The zero-order valence-electron chi connectivity index (χ0n) is 53.9. The molecule has 3 N–H and O–H groups in total. The molecule has 0 aromatic rings. The zero-order chi connectivity index (χ0) is 56.9. The fraction of sp³-hybridized carbons (Fsp3) is 0.880. The van der Waals surface area contributed by atoms with Crippen molar-refractivity contribution in [1.82, 2.24) is 5.32 Å². The van der Waals surface area contributed by atoms with Crippen molar-refractivity contribution in [3.63, 3.8) is 0 Å². The highest BCUT2D eigenvalue weighted by Gasteiger charge is 2.18. The highest BCUT2D eigenvalue weighted by Crippen LogP contribution is 2.19. The minimum absolute atomic E-state index is 0.0654. The number of rotatable bonds is 68. The quantitative estimate of drug-likeness (QED) is 0.0420. The first kappa shape index (κ1) is 77.3. The monoisotopic (exact) mass is 1110 g/mol. The van der Waals surface area contributed by atoms with Crippen LogP contribution in [0.25, 0.3) is 0 Å². The second kappa shape index (κ2) is 70.6. The van der Waals surface area contributed by atoms with E-state index in [4.69, 9.17) is 0 Å². The van der Waals surface area contributed by atoms with E-state index in [-0.39, 0.29) is 12.5 Å². The summed E-state index contributed by atoms with van der Waals surface area (Å²) in [5.74, 6) is -0.0654. The van der Waals surface area contributed by atoms with Crippen LogP contribution in [-0.4, -0.2) is 34.9 Å². The molecule has 0 aromatic carbocycles. The largest absolute Gasteiger partial charge is 0.394 e. The maximum Gasteiger partial charge on any atom is 0.220 e. The molecular formula is C75H143NO3. The molecule has 0 aromatic heterocycles. The van der Waals surface area contributed by atoms with Crippen LogP contribution < -0.4 is 5.32 Å². The van der Waals surface area contributed by atoms with Gasteiger partial charge in [-0.3, -0.25) is 4.79 Å². The van der Waals surface area contributed by atoms with Gasteiger partial charge in [-0.2, -0.15) is 0 Å². The van der Waals surface area contributed by atoms with Gasteiger partial charge in [0.15, 0.2) is 0 Å². The van der Waals surface area contributed by atoms with Crippen molar-refractivity contribution >= 4 is 5.91 Å². The second-order valence-electron chi connectivity index (χ2n) is 25.0. The number of carbonyl (C=O) groups excluding carboxylic acids is 1. The van der Waals surface area contributed by atoms with Crippen molar-refractivity contribution < 1.29 is 15.0 Å². The summed E-state index contributed by atoms with van der Waals surface area (Å²) in [6.07, 6.45) is 99.4. The van der Waals surface area contributed by atoms with Crippen LogP contribution in [0.15, 0.2) is 48.6 Å². The summed E-state index contributed by atoms with van der Waals surface area (Å²) in [5.41, 5.74) is 0. The fourth-order valence-electron chi connectivity index (χ4n) is 11.5.